The third-order valence-corrected chi connectivity index (χ3v) is 9.63. The SMILES string of the molecule is O=C(O)CCCC(CC1CCC2OC2C1)(CC1CCC2OC2C1)C(=O)OCC1CCC2OC2C1. The quantitative estimate of drug-likeness (QED) is 0.351. The molecule has 0 aromatic heterocycles. The number of carboxylic acid groups (broad SMARTS) is 1. The van der Waals surface area contributed by atoms with E-state index >= 15 is 0 Å². The minimum atomic E-state index is -0.790. The van der Waals surface area contributed by atoms with E-state index < -0.39 is 11.4 Å². The zero-order valence-corrected chi connectivity index (χ0v) is 20.2. The Balaban J connectivity index is 1.16. The van der Waals surface area contributed by atoms with Gasteiger partial charge in [0.25, 0.3) is 0 Å². The first-order valence-corrected chi connectivity index (χ1v) is 13.8. The van der Waals surface area contributed by atoms with Gasteiger partial charge in [0.2, 0.25) is 0 Å². The highest BCUT2D eigenvalue weighted by molar-refractivity contribution is 5.77. The largest absolute Gasteiger partial charge is 0.481 e. The molecule has 190 valence electrons. The van der Waals surface area contributed by atoms with Crippen molar-refractivity contribution in [2.45, 2.75) is 127 Å². The van der Waals surface area contributed by atoms with Crippen LogP contribution >= 0.6 is 0 Å². The van der Waals surface area contributed by atoms with Gasteiger partial charge in [-0.15, -0.1) is 0 Å². The number of rotatable bonds is 11. The van der Waals surface area contributed by atoms with E-state index in [1.807, 2.05) is 0 Å². The van der Waals surface area contributed by atoms with Gasteiger partial charge in [-0.1, -0.05) is 0 Å². The fraction of sp³-hybridized carbons (Fsp3) is 0.926. The highest BCUT2D eigenvalue weighted by Gasteiger charge is 2.51. The summed E-state index contributed by atoms with van der Waals surface area (Å²) in [4.78, 5) is 25.3. The van der Waals surface area contributed by atoms with E-state index in [9.17, 15) is 14.7 Å². The lowest BCUT2D eigenvalue weighted by Gasteiger charge is -2.39. The Bertz CT molecular complexity index is 753. The number of esters is 1. The number of aliphatic carboxylic acids is 1. The van der Waals surface area contributed by atoms with Crippen molar-refractivity contribution in [1.29, 1.82) is 0 Å². The normalized spacial score (nSPS) is 43.5. The van der Waals surface area contributed by atoms with Crippen LogP contribution in [0.2, 0.25) is 0 Å². The van der Waals surface area contributed by atoms with Gasteiger partial charge in [-0.2, -0.15) is 0 Å². The summed E-state index contributed by atoms with van der Waals surface area (Å²) in [6, 6.07) is 0. The predicted molar refractivity (Wildman–Crippen MR) is 122 cm³/mol. The van der Waals surface area contributed by atoms with E-state index in [1.165, 1.54) is 0 Å². The van der Waals surface area contributed by atoms with Gasteiger partial charge in [0.15, 0.2) is 0 Å². The van der Waals surface area contributed by atoms with Crippen LogP contribution in [0.25, 0.3) is 0 Å². The predicted octanol–water partition coefficient (Wildman–Crippen LogP) is 4.25. The van der Waals surface area contributed by atoms with Crippen molar-refractivity contribution in [2.24, 2.45) is 23.2 Å². The Morgan fingerprint density at radius 3 is 1.74 bits per heavy atom. The molecular weight excluding hydrogens is 436 g/mol. The molecule has 6 fully saturated rings. The molecule has 34 heavy (non-hydrogen) atoms. The molecule has 0 aromatic carbocycles. The third kappa shape index (κ3) is 5.31. The highest BCUT2D eigenvalue weighted by atomic mass is 16.6. The molecule has 3 saturated heterocycles. The molecule has 7 nitrogen and oxygen atoms in total. The fourth-order valence-electron chi connectivity index (χ4n) is 7.57. The molecule has 3 saturated carbocycles. The van der Waals surface area contributed by atoms with Crippen molar-refractivity contribution >= 4 is 11.9 Å². The van der Waals surface area contributed by atoms with Gasteiger partial charge in [-0.05, 0) is 101 Å². The second kappa shape index (κ2) is 9.36. The lowest BCUT2D eigenvalue weighted by molar-refractivity contribution is -0.162. The molecule has 6 aliphatic rings. The van der Waals surface area contributed by atoms with E-state index in [0.29, 0.717) is 73.8 Å². The summed E-state index contributed by atoms with van der Waals surface area (Å²) in [5.41, 5.74) is -0.596. The minimum absolute atomic E-state index is 0.0746. The summed E-state index contributed by atoms with van der Waals surface area (Å²) >= 11 is 0. The molecule has 1 N–H and O–H groups in total. The van der Waals surface area contributed by atoms with Crippen LogP contribution in [0.15, 0.2) is 0 Å². The van der Waals surface area contributed by atoms with E-state index in [4.69, 9.17) is 18.9 Å². The van der Waals surface area contributed by atoms with Crippen LogP contribution in [-0.4, -0.2) is 60.3 Å². The van der Waals surface area contributed by atoms with Gasteiger partial charge in [0.05, 0.1) is 48.6 Å². The molecule has 7 heteroatoms. The molecule has 3 heterocycles. The lowest BCUT2D eigenvalue weighted by Crippen LogP contribution is -2.39. The lowest BCUT2D eigenvalue weighted by atomic mass is 9.66. The molecule has 0 spiro atoms. The van der Waals surface area contributed by atoms with Crippen molar-refractivity contribution in [3.8, 4) is 0 Å². The first-order valence-electron chi connectivity index (χ1n) is 13.8. The summed E-state index contributed by atoms with van der Waals surface area (Å²) in [5, 5.41) is 9.31. The maximum atomic E-state index is 13.9. The van der Waals surface area contributed by atoms with Crippen LogP contribution in [0.3, 0.4) is 0 Å². The van der Waals surface area contributed by atoms with Gasteiger partial charge in [-0.25, -0.2) is 0 Å². The van der Waals surface area contributed by atoms with Gasteiger partial charge in [0, 0.05) is 6.42 Å². The molecule has 9 atom stereocenters. The van der Waals surface area contributed by atoms with Crippen LogP contribution in [0.4, 0.5) is 0 Å². The van der Waals surface area contributed by atoms with E-state index in [-0.39, 0.29) is 12.4 Å². The average molecular weight is 477 g/mol. The Morgan fingerprint density at radius 1 is 0.735 bits per heavy atom. The molecular formula is C27H40O7. The smallest absolute Gasteiger partial charge is 0.312 e. The van der Waals surface area contributed by atoms with E-state index in [1.54, 1.807) is 0 Å². The number of carbonyl (C=O) groups is 2. The molecule has 0 amide bonds. The van der Waals surface area contributed by atoms with Gasteiger partial charge in [0.1, 0.15) is 0 Å². The molecule has 0 bridgehead atoms. The summed E-state index contributed by atoms with van der Waals surface area (Å²) in [6.07, 6.45) is 14.8. The monoisotopic (exact) mass is 476 g/mol. The summed E-state index contributed by atoms with van der Waals surface area (Å²) in [7, 11) is 0. The zero-order valence-electron chi connectivity index (χ0n) is 20.2. The Kier molecular flexibility index (Phi) is 6.40. The molecule has 9 unspecified atom stereocenters. The highest BCUT2D eigenvalue weighted by Crippen LogP contribution is 2.51. The van der Waals surface area contributed by atoms with Crippen LogP contribution in [0, 0.1) is 23.2 Å². The van der Waals surface area contributed by atoms with Crippen LogP contribution in [0.1, 0.15) is 89.9 Å². The van der Waals surface area contributed by atoms with Crippen LogP contribution in [-0.2, 0) is 28.5 Å². The van der Waals surface area contributed by atoms with Crippen LogP contribution < -0.4 is 0 Å². The van der Waals surface area contributed by atoms with E-state index in [0.717, 1.165) is 70.6 Å². The van der Waals surface area contributed by atoms with Crippen molar-refractivity contribution in [3.05, 3.63) is 0 Å². The Labute approximate surface area is 202 Å². The summed E-state index contributed by atoms with van der Waals surface area (Å²) in [5.74, 6) is 0.418. The summed E-state index contributed by atoms with van der Waals surface area (Å²) in [6.45, 7) is 0.475. The Hall–Kier alpha value is -1.18. The molecule has 0 radical (unpaired) electrons. The second-order valence-electron chi connectivity index (χ2n) is 12.2. The summed E-state index contributed by atoms with van der Waals surface area (Å²) < 4.78 is 23.4. The number of fused-ring (bicyclic) bond motifs is 3. The number of carbonyl (C=O) groups excluding carboxylic acids is 1. The van der Waals surface area contributed by atoms with Crippen molar-refractivity contribution in [3.63, 3.8) is 0 Å². The number of epoxide rings is 3. The van der Waals surface area contributed by atoms with Crippen LogP contribution in [0.5, 0.6) is 0 Å². The van der Waals surface area contributed by atoms with Crippen molar-refractivity contribution in [1.82, 2.24) is 0 Å². The van der Waals surface area contributed by atoms with Gasteiger partial charge < -0.3 is 24.1 Å². The molecule has 3 aliphatic carbocycles. The first kappa shape index (κ1) is 23.2. The Morgan fingerprint density at radius 2 is 1.24 bits per heavy atom. The van der Waals surface area contributed by atoms with Crippen molar-refractivity contribution < 1.29 is 33.6 Å². The number of hydrogen-bond acceptors (Lipinski definition) is 6. The minimum Gasteiger partial charge on any atom is -0.481 e. The molecule has 3 aliphatic heterocycles. The number of ether oxygens (including phenoxy) is 4. The fourth-order valence-corrected chi connectivity index (χ4v) is 7.57. The third-order valence-electron chi connectivity index (χ3n) is 9.63. The van der Waals surface area contributed by atoms with E-state index in [2.05, 4.69) is 0 Å². The maximum Gasteiger partial charge on any atom is 0.312 e. The molecule has 0 aromatic rings. The van der Waals surface area contributed by atoms with Gasteiger partial charge in [-0.3, -0.25) is 9.59 Å². The zero-order chi connectivity index (χ0) is 23.3. The molecule has 6 rings (SSSR count). The average Bonchev–Trinajstić information content (AvgIpc) is 3.69. The van der Waals surface area contributed by atoms with Gasteiger partial charge >= 0.3 is 11.9 Å². The second-order valence-corrected chi connectivity index (χ2v) is 12.2. The first-order chi connectivity index (χ1) is 16.5. The number of carboxylic acids is 1. The van der Waals surface area contributed by atoms with Crippen molar-refractivity contribution in [2.75, 3.05) is 6.61 Å². The number of hydrogen-bond donors (Lipinski definition) is 1. The topological polar surface area (TPSA) is 101 Å². The maximum absolute atomic E-state index is 13.9. The standard InChI is InChI=1S/C27H40O7/c28-25(29)2-1-9-27(13-16-3-6-19-22(10-16)32-19,14-17-4-7-20-23(11-17)33-20)26(30)31-15-18-5-8-21-24(12-18)34-21/h16-24H,1-15H2,(H,28,29).